The molecule has 0 atom stereocenters. The van der Waals surface area contributed by atoms with Crippen molar-refractivity contribution in [2.24, 2.45) is 0 Å². The highest BCUT2D eigenvalue weighted by molar-refractivity contribution is 6.05. The number of hydrogen-bond donors (Lipinski definition) is 2. The molecule has 2 aromatic carbocycles. The van der Waals surface area contributed by atoms with Crippen molar-refractivity contribution in [2.75, 3.05) is 0 Å². The zero-order valence-electron chi connectivity index (χ0n) is 14.0. The Balaban J connectivity index is 1.59. The summed E-state index contributed by atoms with van der Waals surface area (Å²) in [5.74, 6) is -2.28. The molecule has 7 heteroatoms. The number of nitrogens with one attached hydrogen (secondary N) is 2. The van der Waals surface area contributed by atoms with E-state index in [1.165, 1.54) is 6.07 Å². The number of rotatable bonds is 4. The highest BCUT2D eigenvalue weighted by Crippen LogP contribution is 2.24. The molecule has 1 amide bonds. The van der Waals surface area contributed by atoms with Crippen LogP contribution in [-0.2, 0) is 6.54 Å². The maximum Gasteiger partial charge on any atom is 0.272 e. The molecule has 2 aromatic heterocycles. The highest BCUT2D eigenvalue weighted by atomic mass is 19.2. The van der Waals surface area contributed by atoms with Crippen molar-refractivity contribution in [3.05, 3.63) is 83.8 Å². The highest BCUT2D eigenvalue weighted by Gasteiger charge is 2.15. The molecule has 0 saturated heterocycles. The summed E-state index contributed by atoms with van der Waals surface area (Å²) in [4.78, 5) is 16.6. The third-order valence-electron chi connectivity index (χ3n) is 4.21. The van der Waals surface area contributed by atoms with Gasteiger partial charge in [-0.15, -0.1) is 0 Å². The van der Waals surface area contributed by atoms with E-state index in [2.05, 4.69) is 20.5 Å². The van der Waals surface area contributed by atoms with Crippen LogP contribution in [0.2, 0.25) is 0 Å². The smallest absolute Gasteiger partial charge is 0.272 e. The molecule has 0 aliphatic heterocycles. The van der Waals surface area contributed by atoms with Crippen molar-refractivity contribution >= 4 is 16.8 Å². The normalized spacial score (nSPS) is 10.9. The summed E-state index contributed by atoms with van der Waals surface area (Å²) in [6.07, 6.45) is 3.43. The van der Waals surface area contributed by atoms with E-state index in [0.717, 1.165) is 28.8 Å². The molecule has 0 saturated carbocycles. The van der Waals surface area contributed by atoms with E-state index in [-0.39, 0.29) is 12.2 Å². The van der Waals surface area contributed by atoms with Gasteiger partial charge in [0.15, 0.2) is 17.3 Å². The van der Waals surface area contributed by atoms with E-state index in [1.807, 2.05) is 30.3 Å². The number of carbonyl (C=O) groups is 1. The first-order valence-electron chi connectivity index (χ1n) is 8.22. The summed E-state index contributed by atoms with van der Waals surface area (Å²) in [5, 5.41) is 10.3. The average Bonchev–Trinajstić information content (AvgIpc) is 3.12. The largest absolute Gasteiger partial charge is 0.347 e. The van der Waals surface area contributed by atoms with Crippen LogP contribution in [0.15, 0.2) is 60.9 Å². The lowest BCUT2D eigenvalue weighted by Gasteiger charge is -2.05. The SMILES string of the molecule is O=C(NCc1ccc(F)c(F)c1)c1n[nH]c2ccc(-c3cccnc3)cc12. The molecule has 0 aliphatic rings. The van der Waals surface area contributed by atoms with Gasteiger partial charge in [-0.2, -0.15) is 5.10 Å². The Morgan fingerprint density at radius 2 is 1.93 bits per heavy atom. The van der Waals surface area contributed by atoms with Crippen LogP contribution in [0.4, 0.5) is 8.78 Å². The predicted octanol–water partition coefficient (Wildman–Crippen LogP) is 3.83. The van der Waals surface area contributed by atoms with Crippen molar-refractivity contribution in [2.45, 2.75) is 6.54 Å². The fraction of sp³-hybridized carbons (Fsp3) is 0.0500. The number of halogens is 2. The van der Waals surface area contributed by atoms with E-state index in [4.69, 9.17) is 0 Å². The molecule has 0 aliphatic carbocycles. The van der Waals surface area contributed by atoms with Crippen LogP contribution >= 0.6 is 0 Å². The van der Waals surface area contributed by atoms with Crippen LogP contribution in [0.1, 0.15) is 16.1 Å². The topological polar surface area (TPSA) is 70.7 Å². The van der Waals surface area contributed by atoms with Gasteiger partial charge in [-0.05, 0) is 41.5 Å². The molecule has 2 heterocycles. The minimum absolute atomic E-state index is 0.0622. The van der Waals surface area contributed by atoms with Crippen molar-refractivity contribution in [3.8, 4) is 11.1 Å². The van der Waals surface area contributed by atoms with Crippen LogP contribution in [-0.4, -0.2) is 21.1 Å². The molecule has 0 bridgehead atoms. The Kier molecular flexibility index (Phi) is 4.33. The van der Waals surface area contributed by atoms with E-state index in [1.54, 1.807) is 12.4 Å². The molecule has 5 nitrogen and oxygen atoms in total. The van der Waals surface area contributed by atoms with E-state index in [9.17, 15) is 13.6 Å². The van der Waals surface area contributed by atoms with Crippen molar-refractivity contribution < 1.29 is 13.6 Å². The van der Waals surface area contributed by atoms with Gasteiger partial charge in [0.1, 0.15) is 0 Å². The first kappa shape index (κ1) is 16.8. The first-order valence-corrected chi connectivity index (χ1v) is 8.22. The van der Waals surface area contributed by atoms with Gasteiger partial charge in [0, 0.05) is 29.9 Å². The molecule has 4 aromatic rings. The number of benzene rings is 2. The Morgan fingerprint density at radius 3 is 2.70 bits per heavy atom. The number of fused-ring (bicyclic) bond motifs is 1. The van der Waals surface area contributed by atoms with Gasteiger partial charge in [0.2, 0.25) is 0 Å². The zero-order valence-corrected chi connectivity index (χ0v) is 14.0. The molecule has 0 radical (unpaired) electrons. The van der Waals surface area contributed by atoms with Crippen LogP contribution in [0.25, 0.3) is 22.0 Å². The van der Waals surface area contributed by atoms with E-state index in [0.29, 0.717) is 10.9 Å². The quantitative estimate of drug-likeness (QED) is 0.578. The summed E-state index contributed by atoms with van der Waals surface area (Å²) < 4.78 is 26.3. The molecular formula is C20H14F2N4O. The molecule has 2 N–H and O–H groups in total. The van der Waals surface area contributed by atoms with Gasteiger partial charge >= 0.3 is 0 Å². The molecule has 4 rings (SSSR count). The van der Waals surface area contributed by atoms with Gasteiger partial charge in [-0.1, -0.05) is 18.2 Å². The van der Waals surface area contributed by atoms with E-state index < -0.39 is 17.5 Å². The minimum Gasteiger partial charge on any atom is -0.347 e. The number of carbonyl (C=O) groups excluding carboxylic acids is 1. The van der Waals surface area contributed by atoms with Gasteiger partial charge < -0.3 is 5.32 Å². The Morgan fingerprint density at radius 1 is 1.04 bits per heavy atom. The standard InChI is InChI=1S/C20H14F2N4O/c21-16-5-3-12(8-17(16)22)10-24-20(27)19-15-9-13(4-6-18(15)25-26-19)14-2-1-7-23-11-14/h1-9,11H,10H2,(H,24,27)(H,25,26). The first-order chi connectivity index (χ1) is 13.1. The Bertz CT molecular complexity index is 1130. The number of H-pyrrole nitrogens is 1. The maximum absolute atomic E-state index is 13.3. The fourth-order valence-electron chi connectivity index (χ4n) is 2.82. The van der Waals surface area contributed by atoms with Crippen LogP contribution in [0.3, 0.4) is 0 Å². The second kappa shape index (κ2) is 6.95. The summed E-state index contributed by atoms with van der Waals surface area (Å²) in [6, 6.07) is 12.9. The lowest BCUT2D eigenvalue weighted by molar-refractivity contribution is 0.0947. The zero-order chi connectivity index (χ0) is 18.8. The van der Waals surface area contributed by atoms with Crippen molar-refractivity contribution in [1.29, 1.82) is 0 Å². The monoisotopic (exact) mass is 364 g/mol. The minimum atomic E-state index is -0.951. The average molecular weight is 364 g/mol. The summed E-state index contributed by atoms with van der Waals surface area (Å²) in [6.45, 7) is 0.0622. The lowest BCUT2D eigenvalue weighted by atomic mass is 10.0. The lowest BCUT2D eigenvalue weighted by Crippen LogP contribution is -2.23. The van der Waals surface area contributed by atoms with Crippen LogP contribution < -0.4 is 5.32 Å². The van der Waals surface area contributed by atoms with Crippen molar-refractivity contribution in [1.82, 2.24) is 20.5 Å². The molecule has 27 heavy (non-hydrogen) atoms. The molecule has 0 spiro atoms. The number of aromatic nitrogens is 3. The van der Waals surface area contributed by atoms with Crippen LogP contribution in [0.5, 0.6) is 0 Å². The Hall–Kier alpha value is -3.61. The molecule has 0 fully saturated rings. The molecular weight excluding hydrogens is 350 g/mol. The van der Waals surface area contributed by atoms with E-state index >= 15 is 0 Å². The Labute approximate surface area is 153 Å². The second-order valence-corrected chi connectivity index (χ2v) is 6.01. The second-order valence-electron chi connectivity index (χ2n) is 6.01. The third-order valence-corrected chi connectivity index (χ3v) is 4.21. The predicted molar refractivity (Wildman–Crippen MR) is 96.9 cm³/mol. The number of nitrogens with zero attached hydrogens (tertiary/aromatic N) is 2. The molecule has 0 unspecified atom stereocenters. The number of hydrogen-bond acceptors (Lipinski definition) is 3. The van der Waals surface area contributed by atoms with Crippen molar-refractivity contribution in [3.63, 3.8) is 0 Å². The number of amides is 1. The van der Waals surface area contributed by atoms with Crippen LogP contribution in [0, 0.1) is 11.6 Å². The fourth-order valence-corrected chi connectivity index (χ4v) is 2.82. The van der Waals surface area contributed by atoms with Gasteiger partial charge in [-0.3, -0.25) is 14.9 Å². The number of aromatic amines is 1. The summed E-state index contributed by atoms with van der Waals surface area (Å²) >= 11 is 0. The third kappa shape index (κ3) is 3.39. The number of pyridine rings is 1. The summed E-state index contributed by atoms with van der Waals surface area (Å²) in [5.41, 5.74) is 3.25. The van der Waals surface area contributed by atoms with Gasteiger partial charge in [-0.25, -0.2) is 8.78 Å². The van der Waals surface area contributed by atoms with Gasteiger partial charge in [0.25, 0.3) is 5.91 Å². The summed E-state index contributed by atoms with van der Waals surface area (Å²) in [7, 11) is 0. The maximum atomic E-state index is 13.3. The van der Waals surface area contributed by atoms with Gasteiger partial charge in [0.05, 0.1) is 5.52 Å². The molecule has 134 valence electrons.